The molecule has 1 aliphatic carbocycles. The highest BCUT2D eigenvalue weighted by atomic mass is 32.2. The quantitative estimate of drug-likeness (QED) is 0.859. The molecule has 1 N–H and O–H groups in total. The minimum Gasteiger partial charge on any atom is -0.495 e. The van der Waals surface area contributed by atoms with Crippen LogP contribution in [0.4, 0.5) is 0 Å². The second-order valence-corrected chi connectivity index (χ2v) is 9.00. The summed E-state index contributed by atoms with van der Waals surface area (Å²) in [5, 5.41) is 14.6. The Labute approximate surface area is 153 Å². The normalized spacial score (nSPS) is 22.9. The van der Waals surface area contributed by atoms with Gasteiger partial charge < -0.3 is 9.84 Å². The lowest BCUT2D eigenvalue weighted by atomic mass is 9.92. The van der Waals surface area contributed by atoms with E-state index in [1.165, 1.54) is 11.4 Å². The van der Waals surface area contributed by atoms with Crippen LogP contribution in [-0.2, 0) is 10.0 Å². The highest BCUT2D eigenvalue weighted by Gasteiger charge is 2.50. The fourth-order valence-electron chi connectivity index (χ4n) is 3.71. The topological polar surface area (TPSA) is 84.7 Å². The minimum absolute atomic E-state index is 0.00585. The molecule has 2 aliphatic rings. The van der Waals surface area contributed by atoms with Gasteiger partial charge >= 0.3 is 0 Å². The van der Waals surface area contributed by atoms with Crippen molar-refractivity contribution in [3.63, 3.8) is 0 Å². The molecule has 4 rings (SSSR count). The molecule has 8 heteroatoms. The molecule has 140 valence electrons. The minimum atomic E-state index is -3.73. The first kappa shape index (κ1) is 17.5. The summed E-state index contributed by atoms with van der Waals surface area (Å²) < 4.78 is 35.1. The molecule has 1 aliphatic heterocycles. The number of sulfonamides is 1. The smallest absolute Gasteiger partial charge is 0.246 e. The molecule has 1 aromatic carbocycles. The molecule has 2 aromatic rings. The Hall–Kier alpha value is -1.90. The molecule has 0 spiro atoms. The van der Waals surface area contributed by atoms with Gasteiger partial charge in [-0.25, -0.2) is 13.1 Å². The number of hydrogen-bond donors (Lipinski definition) is 1. The zero-order chi connectivity index (χ0) is 18.4. The number of aromatic nitrogens is 2. The Balaban J connectivity index is 1.69. The van der Waals surface area contributed by atoms with Gasteiger partial charge in [0.2, 0.25) is 10.0 Å². The summed E-state index contributed by atoms with van der Waals surface area (Å²) in [7, 11) is -2.26. The van der Waals surface area contributed by atoms with E-state index in [1.54, 1.807) is 41.3 Å². The maximum absolute atomic E-state index is 13.3. The van der Waals surface area contributed by atoms with Crippen LogP contribution in [0.5, 0.6) is 5.75 Å². The summed E-state index contributed by atoms with van der Waals surface area (Å²) in [6, 6.07) is 6.80. The van der Waals surface area contributed by atoms with E-state index >= 15 is 0 Å². The molecule has 1 saturated carbocycles. The van der Waals surface area contributed by atoms with Crippen LogP contribution in [0.25, 0.3) is 5.69 Å². The van der Waals surface area contributed by atoms with Crippen molar-refractivity contribution in [2.24, 2.45) is 5.92 Å². The van der Waals surface area contributed by atoms with Crippen molar-refractivity contribution in [3.8, 4) is 11.4 Å². The molecule has 1 atom stereocenters. The van der Waals surface area contributed by atoms with Crippen molar-refractivity contribution in [1.29, 1.82) is 0 Å². The first-order valence-electron chi connectivity index (χ1n) is 8.85. The third-order valence-corrected chi connectivity index (χ3v) is 7.33. The van der Waals surface area contributed by atoms with Crippen molar-refractivity contribution >= 4 is 10.0 Å². The van der Waals surface area contributed by atoms with Crippen LogP contribution < -0.4 is 4.74 Å². The van der Waals surface area contributed by atoms with E-state index in [2.05, 4.69) is 5.10 Å². The monoisotopic (exact) mass is 377 g/mol. The number of benzene rings is 1. The van der Waals surface area contributed by atoms with Crippen LogP contribution in [0.15, 0.2) is 41.6 Å². The molecule has 0 radical (unpaired) electrons. The summed E-state index contributed by atoms with van der Waals surface area (Å²) in [4.78, 5) is 0.136. The lowest BCUT2D eigenvalue weighted by Crippen LogP contribution is -2.44. The number of ether oxygens (including phenoxy) is 1. The fourth-order valence-corrected chi connectivity index (χ4v) is 5.40. The average molecular weight is 377 g/mol. The van der Waals surface area contributed by atoms with Crippen molar-refractivity contribution in [2.75, 3.05) is 20.2 Å². The molecule has 2 heterocycles. The van der Waals surface area contributed by atoms with Gasteiger partial charge in [0.25, 0.3) is 0 Å². The van der Waals surface area contributed by atoms with Gasteiger partial charge in [0.15, 0.2) is 0 Å². The van der Waals surface area contributed by atoms with E-state index < -0.39 is 15.6 Å². The predicted molar refractivity (Wildman–Crippen MR) is 95.8 cm³/mol. The molecule has 7 nitrogen and oxygen atoms in total. The van der Waals surface area contributed by atoms with E-state index in [-0.39, 0.29) is 10.8 Å². The standard InChI is InChI=1S/C18H23N3O4S/c1-25-16-6-5-15(21-11-3-9-19-21)12-17(16)26(23,24)20-10-2-4-14(13-20)18(22)7-8-18/h3,5-6,9,11-12,14,22H,2,4,7-8,10,13H2,1H3. The van der Waals surface area contributed by atoms with Gasteiger partial charge in [-0.15, -0.1) is 0 Å². The molecule has 0 amide bonds. The summed E-state index contributed by atoms with van der Waals surface area (Å²) in [5.74, 6) is 0.319. The van der Waals surface area contributed by atoms with E-state index in [0.29, 0.717) is 24.5 Å². The fraction of sp³-hybridized carbons (Fsp3) is 0.500. The third-order valence-electron chi connectivity index (χ3n) is 5.44. The van der Waals surface area contributed by atoms with Gasteiger partial charge in [-0.05, 0) is 49.9 Å². The second kappa shape index (κ2) is 6.37. The SMILES string of the molecule is COc1ccc(-n2cccn2)cc1S(=O)(=O)N1CCCC(C2(O)CC2)C1. The molecular weight excluding hydrogens is 354 g/mol. The molecule has 0 bridgehead atoms. The van der Waals surface area contributed by atoms with E-state index in [4.69, 9.17) is 4.74 Å². The first-order valence-corrected chi connectivity index (χ1v) is 10.3. The van der Waals surface area contributed by atoms with Gasteiger partial charge in [-0.1, -0.05) is 0 Å². The van der Waals surface area contributed by atoms with Gasteiger partial charge in [0.1, 0.15) is 10.6 Å². The van der Waals surface area contributed by atoms with E-state index in [1.807, 2.05) is 0 Å². The van der Waals surface area contributed by atoms with Crippen molar-refractivity contribution in [1.82, 2.24) is 14.1 Å². The van der Waals surface area contributed by atoms with Crippen LogP contribution in [0, 0.1) is 5.92 Å². The number of nitrogens with zero attached hydrogens (tertiary/aromatic N) is 3. The zero-order valence-electron chi connectivity index (χ0n) is 14.7. The van der Waals surface area contributed by atoms with Gasteiger partial charge in [0.05, 0.1) is 18.4 Å². The molecule has 26 heavy (non-hydrogen) atoms. The molecule has 2 fully saturated rings. The maximum Gasteiger partial charge on any atom is 0.246 e. The summed E-state index contributed by atoms with van der Waals surface area (Å²) in [5.41, 5.74) is -0.0152. The van der Waals surface area contributed by atoms with Crippen LogP contribution in [0.1, 0.15) is 25.7 Å². The van der Waals surface area contributed by atoms with Crippen LogP contribution >= 0.6 is 0 Å². The summed E-state index contributed by atoms with van der Waals surface area (Å²) in [6.07, 6.45) is 6.56. The van der Waals surface area contributed by atoms with E-state index in [9.17, 15) is 13.5 Å². The molecule has 1 saturated heterocycles. The van der Waals surface area contributed by atoms with Gasteiger partial charge in [-0.2, -0.15) is 9.40 Å². The predicted octanol–water partition coefficient (Wildman–Crippen LogP) is 1.81. The Morgan fingerprint density at radius 1 is 1.35 bits per heavy atom. The molecule has 1 aromatic heterocycles. The number of methoxy groups -OCH3 is 1. The lowest BCUT2D eigenvalue weighted by Gasteiger charge is -2.34. The number of hydrogen-bond acceptors (Lipinski definition) is 5. The lowest BCUT2D eigenvalue weighted by molar-refractivity contribution is 0.0514. The third kappa shape index (κ3) is 3.02. The highest BCUT2D eigenvalue weighted by Crippen LogP contribution is 2.46. The Bertz CT molecular complexity index is 891. The van der Waals surface area contributed by atoms with Crippen molar-refractivity contribution < 1.29 is 18.3 Å². The van der Waals surface area contributed by atoms with Gasteiger partial charge in [-0.3, -0.25) is 0 Å². The van der Waals surface area contributed by atoms with Crippen molar-refractivity contribution in [2.45, 2.75) is 36.2 Å². The number of rotatable bonds is 5. The van der Waals surface area contributed by atoms with Crippen LogP contribution in [0.3, 0.4) is 0 Å². The van der Waals surface area contributed by atoms with Crippen molar-refractivity contribution in [3.05, 3.63) is 36.7 Å². The van der Waals surface area contributed by atoms with Crippen LogP contribution in [0.2, 0.25) is 0 Å². The Morgan fingerprint density at radius 2 is 2.15 bits per heavy atom. The number of aliphatic hydroxyl groups is 1. The molecule has 1 unspecified atom stereocenters. The maximum atomic E-state index is 13.3. The Morgan fingerprint density at radius 3 is 2.81 bits per heavy atom. The van der Waals surface area contributed by atoms with Crippen LogP contribution in [-0.4, -0.2) is 53.4 Å². The second-order valence-electron chi connectivity index (χ2n) is 7.09. The zero-order valence-corrected chi connectivity index (χ0v) is 15.5. The summed E-state index contributed by atoms with van der Waals surface area (Å²) >= 11 is 0. The highest BCUT2D eigenvalue weighted by molar-refractivity contribution is 7.89. The first-order chi connectivity index (χ1) is 12.4. The largest absolute Gasteiger partial charge is 0.495 e. The van der Waals surface area contributed by atoms with Gasteiger partial charge in [0, 0.05) is 31.4 Å². The summed E-state index contributed by atoms with van der Waals surface area (Å²) in [6.45, 7) is 0.818. The number of piperidine rings is 1. The Kier molecular flexibility index (Phi) is 4.29. The average Bonchev–Trinajstić information content (AvgIpc) is 3.19. The molecular formula is C18H23N3O4S. The van der Waals surface area contributed by atoms with E-state index in [0.717, 1.165) is 25.7 Å².